The first-order valence-electron chi connectivity index (χ1n) is 6.07. The minimum Gasteiger partial charge on any atom is -0.352 e. The van der Waals surface area contributed by atoms with Gasteiger partial charge in [-0.05, 0) is 38.0 Å². The van der Waals surface area contributed by atoms with Crippen molar-refractivity contribution < 1.29 is 13.2 Å². The SMILES string of the molecule is C[C@@H](NS(=O)(=O)c1cc(Cl)ccc1Cl)C(=O)NC1CC1. The van der Waals surface area contributed by atoms with Crippen molar-refractivity contribution in [3.63, 3.8) is 0 Å². The van der Waals surface area contributed by atoms with Crippen LogP contribution in [0, 0.1) is 0 Å². The monoisotopic (exact) mass is 336 g/mol. The largest absolute Gasteiger partial charge is 0.352 e. The highest BCUT2D eigenvalue weighted by Gasteiger charge is 2.28. The summed E-state index contributed by atoms with van der Waals surface area (Å²) in [6.45, 7) is 1.48. The van der Waals surface area contributed by atoms with Crippen LogP contribution in [0.15, 0.2) is 23.1 Å². The molecule has 8 heteroatoms. The summed E-state index contributed by atoms with van der Waals surface area (Å²) >= 11 is 11.6. The van der Waals surface area contributed by atoms with E-state index in [-0.39, 0.29) is 26.9 Å². The van der Waals surface area contributed by atoms with Crippen LogP contribution in [-0.4, -0.2) is 26.4 Å². The Kier molecular flexibility index (Phi) is 4.59. The number of carbonyl (C=O) groups is 1. The lowest BCUT2D eigenvalue weighted by atomic mass is 10.3. The summed E-state index contributed by atoms with van der Waals surface area (Å²) in [7, 11) is -3.90. The van der Waals surface area contributed by atoms with E-state index in [0.717, 1.165) is 12.8 Å². The molecule has 2 rings (SSSR count). The lowest BCUT2D eigenvalue weighted by Crippen LogP contribution is -2.45. The minimum absolute atomic E-state index is 0.0525. The maximum absolute atomic E-state index is 12.2. The van der Waals surface area contributed by atoms with Crippen molar-refractivity contribution in [3.05, 3.63) is 28.2 Å². The highest BCUT2D eigenvalue weighted by atomic mass is 35.5. The van der Waals surface area contributed by atoms with E-state index in [9.17, 15) is 13.2 Å². The first-order chi connectivity index (χ1) is 9.29. The van der Waals surface area contributed by atoms with Crippen LogP contribution in [0.25, 0.3) is 0 Å². The van der Waals surface area contributed by atoms with Crippen molar-refractivity contribution in [2.75, 3.05) is 0 Å². The molecule has 0 bridgehead atoms. The Labute approximate surface area is 127 Å². The van der Waals surface area contributed by atoms with Crippen molar-refractivity contribution in [2.45, 2.75) is 36.7 Å². The molecule has 0 aromatic heterocycles. The van der Waals surface area contributed by atoms with Gasteiger partial charge in [-0.1, -0.05) is 23.2 Å². The van der Waals surface area contributed by atoms with E-state index in [4.69, 9.17) is 23.2 Å². The van der Waals surface area contributed by atoms with Crippen LogP contribution >= 0.6 is 23.2 Å². The van der Waals surface area contributed by atoms with Crippen molar-refractivity contribution in [1.29, 1.82) is 0 Å². The molecule has 0 radical (unpaired) electrons. The van der Waals surface area contributed by atoms with Crippen molar-refractivity contribution in [1.82, 2.24) is 10.0 Å². The van der Waals surface area contributed by atoms with Gasteiger partial charge in [-0.15, -0.1) is 0 Å². The van der Waals surface area contributed by atoms with E-state index in [1.165, 1.54) is 25.1 Å². The maximum Gasteiger partial charge on any atom is 0.242 e. The average molecular weight is 337 g/mol. The molecule has 1 atom stereocenters. The molecule has 1 aliphatic rings. The molecular formula is C12H14Cl2N2O3S. The number of amides is 1. The van der Waals surface area contributed by atoms with E-state index in [0.29, 0.717) is 0 Å². The second-order valence-corrected chi connectivity index (χ2v) is 7.23. The molecule has 0 unspecified atom stereocenters. The van der Waals surface area contributed by atoms with Gasteiger partial charge in [0.1, 0.15) is 4.90 Å². The predicted octanol–water partition coefficient (Wildman–Crippen LogP) is 1.94. The average Bonchev–Trinajstić information content (AvgIpc) is 3.15. The van der Waals surface area contributed by atoms with Gasteiger partial charge in [0, 0.05) is 11.1 Å². The second kappa shape index (κ2) is 5.89. The second-order valence-electron chi connectivity index (χ2n) is 4.70. The molecule has 1 amide bonds. The van der Waals surface area contributed by atoms with Crippen LogP contribution in [0.2, 0.25) is 10.0 Å². The van der Waals surface area contributed by atoms with Crippen molar-refractivity contribution >= 4 is 39.1 Å². The van der Waals surface area contributed by atoms with Crippen LogP contribution in [0.5, 0.6) is 0 Å². The van der Waals surface area contributed by atoms with Gasteiger partial charge in [0.2, 0.25) is 15.9 Å². The number of halogens is 2. The van der Waals surface area contributed by atoms with E-state index in [2.05, 4.69) is 10.0 Å². The van der Waals surface area contributed by atoms with E-state index in [1.54, 1.807) is 0 Å². The van der Waals surface area contributed by atoms with Gasteiger partial charge in [0.05, 0.1) is 11.1 Å². The van der Waals surface area contributed by atoms with Crippen LogP contribution in [0.3, 0.4) is 0 Å². The Bertz CT molecular complexity index is 630. The summed E-state index contributed by atoms with van der Waals surface area (Å²) in [6.07, 6.45) is 1.87. The Morgan fingerprint density at radius 1 is 1.35 bits per heavy atom. The van der Waals surface area contributed by atoms with Gasteiger partial charge in [0.15, 0.2) is 0 Å². The van der Waals surface area contributed by atoms with Crippen molar-refractivity contribution in [3.8, 4) is 0 Å². The number of sulfonamides is 1. The normalized spacial score (nSPS) is 16.8. The summed E-state index contributed by atoms with van der Waals surface area (Å²) in [5.41, 5.74) is 0. The van der Waals surface area contributed by atoms with Crippen LogP contribution < -0.4 is 10.0 Å². The smallest absolute Gasteiger partial charge is 0.242 e. The first-order valence-corrected chi connectivity index (χ1v) is 8.31. The third-order valence-electron chi connectivity index (χ3n) is 2.83. The van der Waals surface area contributed by atoms with Gasteiger partial charge >= 0.3 is 0 Å². The molecule has 1 aliphatic carbocycles. The predicted molar refractivity (Wildman–Crippen MR) is 77.4 cm³/mol. The Morgan fingerprint density at radius 3 is 2.60 bits per heavy atom. The quantitative estimate of drug-likeness (QED) is 0.862. The molecule has 0 heterocycles. The Morgan fingerprint density at radius 2 is 2.00 bits per heavy atom. The summed E-state index contributed by atoms with van der Waals surface area (Å²) in [6, 6.07) is 3.43. The first kappa shape index (κ1) is 15.6. The summed E-state index contributed by atoms with van der Waals surface area (Å²) in [4.78, 5) is 11.6. The van der Waals surface area contributed by atoms with E-state index in [1.807, 2.05) is 0 Å². The number of benzene rings is 1. The van der Waals surface area contributed by atoms with Crippen LogP contribution in [0.4, 0.5) is 0 Å². The molecule has 110 valence electrons. The number of nitrogens with one attached hydrogen (secondary N) is 2. The van der Waals surface area contributed by atoms with Gasteiger partial charge in [-0.2, -0.15) is 4.72 Å². The molecular weight excluding hydrogens is 323 g/mol. The topological polar surface area (TPSA) is 75.3 Å². The summed E-state index contributed by atoms with van der Waals surface area (Å²) < 4.78 is 26.7. The highest BCUT2D eigenvalue weighted by molar-refractivity contribution is 7.89. The lowest BCUT2D eigenvalue weighted by molar-refractivity contribution is -0.122. The van der Waals surface area contributed by atoms with Gasteiger partial charge in [-0.3, -0.25) is 4.79 Å². The van der Waals surface area contributed by atoms with Crippen molar-refractivity contribution in [2.24, 2.45) is 0 Å². The molecule has 1 saturated carbocycles. The van der Waals surface area contributed by atoms with Gasteiger partial charge in [-0.25, -0.2) is 8.42 Å². The molecule has 1 aromatic rings. The number of hydrogen-bond acceptors (Lipinski definition) is 3. The fraction of sp³-hybridized carbons (Fsp3) is 0.417. The number of rotatable bonds is 5. The molecule has 1 aromatic carbocycles. The zero-order valence-corrected chi connectivity index (χ0v) is 13.0. The highest BCUT2D eigenvalue weighted by Crippen LogP contribution is 2.25. The molecule has 0 aliphatic heterocycles. The molecule has 1 fully saturated rings. The van der Waals surface area contributed by atoms with Crippen LogP contribution in [-0.2, 0) is 14.8 Å². The fourth-order valence-electron chi connectivity index (χ4n) is 1.59. The molecule has 5 nitrogen and oxygen atoms in total. The Balaban J connectivity index is 2.13. The van der Waals surface area contributed by atoms with Crippen LogP contribution in [0.1, 0.15) is 19.8 Å². The summed E-state index contributed by atoms with van der Waals surface area (Å²) in [5, 5.41) is 3.04. The summed E-state index contributed by atoms with van der Waals surface area (Å²) in [5.74, 6) is -0.353. The molecule has 20 heavy (non-hydrogen) atoms. The van der Waals surface area contributed by atoms with E-state index < -0.39 is 16.1 Å². The third-order valence-corrected chi connectivity index (χ3v) is 5.09. The third kappa shape index (κ3) is 3.85. The van der Waals surface area contributed by atoms with Gasteiger partial charge in [0.25, 0.3) is 0 Å². The van der Waals surface area contributed by atoms with Gasteiger partial charge < -0.3 is 5.32 Å². The molecule has 2 N–H and O–H groups in total. The zero-order valence-electron chi connectivity index (χ0n) is 10.7. The number of hydrogen-bond donors (Lipinski definition) is 2. The number of carbonyl (C=O) groups excluding carboxylic acids is 1. The Hall–Kier alpha value is -0.820. The minimum atomic E-state index is -3.90. The lowest BCUT2D eigenvalue weighted by Gasteiger charge is -2.15. The zero-order chi connectivity index (χ0) is 14.9. The van der Waals surface area contributed by atoms with E-state index >= 15 is 0 Å². The molecule has 0 saturated heterocycles. The standard InChI is InChI=1S/C12H14Cl2N2O3S/c1-7(12(17)15-9-3-4-9)16-20(18,19)11-6-8(13)2-5-10(11)14/h2,5-7,9,16H,3-4H2,1H3,(H,15,17)/t7-/m1/s1. The molecule has 0 spiro atoms. The maximum atomic E-state index is 12.2. The fourth-order valence-corrected chi connectivity index (χ4v) is 3.55.